The molecule has 1 saturated heterocycles. The minimum absolute atomic E-state index is 0.175. The van der Waals surface area contributed by atoms with E-state index in [0.717, 1.165) is 31.9 Å². The van der Waals surface area contributed by atoms with Crippen LogP contribution in [0.25, 0.3) is 0 Å². The van der Waals surface area contributed by atoms with Crippen molar-refractivity contribution in [3.8, 4) is 0 Å². The second-order valence-corrected chi connectivity index (χ2v) is 9.89. The van der Waals surface area contributed by atoms with Crippen LogP contribution < -0.4 is 10.2 Å². The van der Waals surface area contributed by atoms with Crippen molar-refractivity contribution < 1.29 is 13.2 Å². The Kier molecular flexibility index (Phi) is 7.59. The van der Waals surface area contributed by atoms with Gasteiger partial charge in [0.2, 0.25) is 10.0 Å². The van der Waals surface area contributed by atoms with Gasteiger partial charge in [0.15, 0.2) is 0 Å². The minimum Gasteiger partial charge on any atom is -0.367 e. The molecular weight excluding hydrogens is 436 g/mol. The van der Waals surface area contributed by atoms with Crippen LogP contribution in [-0.2, 0) is 10.0 Å². The monoisotopic (exact) mass is 464 g/mol. The molecule has 0 saturated carbocycles. The molecule has 0 unspecified atom stereocenters. The number of hydrogen-bond acceptors (Lipinski definition) is 5. The van der Waals surface area contributed by atoms with Gasteiger partial charge >= 0.3 is 0 Å². The van der Waals surface area contributed by atoms with Gasteiger partial charge in [-0.3, -0.25) is 4.79 Å². The molecule has 0 atom stereocenters. The molecule has 2 aromatic carbocycles. The Balaban J connectivity index is 1.80. The number of hydrogen-bond donors (Lipinski definition) is 1. The number of halogens is 1. The van der Waals surface area contributed by atoms with E-state index in [1.165, 1.54) is 28.6 Å². The zero-order valence-corrected chi connectivity index (χ0v) is 19.7. The van der Waals surface area contributed by atoms with Crippen molar-refractivity contribution in [2.75, 3.05) is 56.5 Å². The minimum atomic E-state index is -3.56. The van der Waals surface area contributed by atoms with Crippen LogP contribution in [0, 0.1) is 0 Å². The first-order chi connectivity index (χ1) is 14.8. The van der Waals surface area contributed by atoms with Crippen molar-refractivity contribution in [3.05, 3.63) is 53.1 Å². The number of nitrogens with zero attached hydrogens (tertiary/aromatic N) is 3. The molecule has 0 aliphatic carbocycles. The van der Waals surface area contributed by atoms with E-state index in [4.69, 9.17) is 11.6 Å². The average Bonchev–Trinajstić information content (AvgIpc) is 2.75. The molecule has 2 aromatic rings. The Morgan fingerprint density at radius 3 is 2.23 bits per heavy atom. The fraction of sp³-hybridized carbons (Fsp3) is 0.409. The van der Waals surface area contributed by atoms with Gasteiger partial charge in [-0.1, -0.05) is 25.4 Å². The molecule has 1 aliphatic heterocycles. The van der Waals surface area contributed by atoms with Gasteiger partial charge in [-0.25, -0.2) is 8.42 Å². The number of carbonyl (C=O) groups is 1. The van der Waals surface area contributed by atoms with Crippen molar-refractivity contribution in [1.82, 2.24) is 9.21 Å². The van der Waals surface area contributed by atoms with Crippen molar-refractivity contribution in [2.24, 2.45) is 0 Å². The second kappa shape index (κ2) is 9.99. The Labute approximate surface area is 189 Å². The molecule has 31 heavy (non-hydrogen) atoms. The number of amides is 1. The van der Waals surface area contributed by atoms with Crippen LogP contribution in [-0.4, -0.2) is 69.8 Å². The maximum Gasteiger partial charge on any atom is 0.255 e. The van der Waals surface area contributed by atoms with Crippen molar-refractivity contribution in [3.63, 3.8) is 0 Å². The van der Waals surface area contributed by atoms with Crippen LogP contribution in [0.3, 0.4) is 0 Å². The molecule has 0 spiro atoms. The third-order valence-corrected chi connectivity index (χ3v) is 7.81. The number of sulfonamides is 1. The van der Waals surface area contributed by atoms with Crippen LogP contribution in [0.15, 0.2) is 47.4 Å². The van der Waals surface area contributed by atoms with Gasteiger partial charge in [0, 0.05) is 49.9 Å². The zero-order chi connectivity index (χ0) is 22.6. The summed E-state index contributed by atoms with van der Waals surface area (Å²) in [5, 5.41) is 3.48. The molecule has 0 aromatic heterocycles. The molecule has 3 rings (SSSR count). The van der Waals surface area contributed by atoms with E-state index in [-0.39, 0.29) is 10.8 Å². The topological polar surface area (TPSA) is 73.0 Å². The van der Waals surface area contributed by atoms with E-state index in [1.54, 1.807) is 19.9 Å². The lowest BCUT2D eigenvalue weighted by Gasteiger charge is -2.35. The summed E-state index contributed by atoms with van der Waals surface area (Å²) in [5.74, 6) is -0.315. The van der Waals surface area contributed by atoms with E-state index in [1.807, 2.05) is 12.1 Å². The van der Waals surface area contributed by atoms with Crippen LogP contribution in [0.4, 0.5) is 11.4 Å². The van der Waals surface area contributed by atoms with Crippen LogP contribution >= 0.6 is 11.6 Å². The van der Waals surface area contributed by atoms with Crippen molar-refractivity contribution in [2.45, 2.75) is 18.7 Å². The number of anilines is 2. The quantitative estimate of drug-likeness (QED) is 0.680. The molecule has 0 bridgehead atoms. The predicted molar refractivity (Wildman–Crippen MR) is 126 cm³/mol. The van der Waals surface area contributed by atoms with Gasteiger partial charge in [-0.2, -0.15) is 4.31 Å². The summed E-state index contributed by atoms with van der Waals surface area (Å²) in [5.41, 5.74) is 1.94. The molecule has 1 fully saturated rings. The third kappa shape index (κ3) is 5.38. The molecule has 9 heteroatoms. The van der Waals surface area contributed by atoms with E-state index in [9.17, 15) is 13.2 Å². The largest absolute Gasteiger partial charge is 0.367 e. The Hall–Kier alpha value is -2.13. The highest BCUT2D eigenvalue weighted by atomic mass is 35.5. The second-order valence-electron chi connectivity index (χ2n) is 7.52. The molecule has 0 radical (unpaired) electrons. The third-order valence-electron chi connectivity index (χ3n) is 5.51. The number of benzene rings is 2. The Bertz CT molecular complexity index is 1020. The average molecular weight is 465 g/mol. The molecular formula is C22H29ClN4O3S. The summed E-state index contributed by atoms with van der Waals surface area (Å²) in [6, 6.07) is 11.5. The van der Waals surface area contributed by atoms with Gasteiger partial charge < -0.3 is 15.1 Å². The van der Waals surface area contributed by atoms with Crippen LogP contribution in [0.5, 0.6) is 0 Å². The lowest BCUT2D eigenvalue weighted by molar-refractivity contribution is 0.102. The SMILES string of the molecule is CCN(CC)S(=O)(=O)c1ccc(C(=O)Nc2cc(Cl)ccc2N2CCN(C)CC2)cc1. The summed E-state index contributed by atoms with van der Waals surface area (Å²) in [4.78, 5) is 17.5. The van der Waals surface area contributed by atoms with E-state index in [0.29, 0.717) is 29.4 Å². The highest BCUT2D eigenvalue weighted by Crippen LogP contribution is 2.30. The number of carbonyl (C=O) groups excluding carboxylic acids is 1. The fourth-order valence-electron chi connectivity index (χ4n) is 3.62. The molecule has 168 valence electrons. The highest BCUT2D eigenvalue weighted by molar-refractivity contribution is 7.89. The summed E-state index contributed by atoms with van der Waals surface area (Å²) in [6.07, 6.45) is 0. The summed E-state index contributed by atoms with van der Waals surface area (Å²) in [6.45, 7) is 7.99. The molecule has 1 amide bonds. The number of likely N-dealkylation sites (N-methyl/N-ethyl adjacent to an activating group) is 1. The summed E-state index contributed by atoms with van der Waals surface area (Å²) in [7, 11) is -1.47. The predicted octanol–water partition coefficient (Wildman–Crippen LogP) is 3.37. The standard InChI is InChI=1S/C22H29ClN4O3S/c1-4-27(5-2)31(29,30)19-9-6-17(7-10-19)22(28)24-20-16-18(23)8-11-21(20)26-14-12-25(3)13-15-26/h6-11,16H,4-5,12-15H2,1-3H3,(H,24,28). The number of piperazine rings is 1. The van der Waals surface area contributed by atoms with E-state index >= 15 is 0 Å². The lowest BCUT2D eigenvalue weighted by atomic mass is 10.1. The zero-order valence-electron chi connectivity index (χ0n) is 18.1. The Morgan fingerprint density at radius 2 is 1.65 bits per heavy atom. The normalized spacial score (nSPS) is 15.3. The molecule has 1 heterocycles. The molecule has 7 nitrogen and oxygen atoms in total. The summed E-state index contributed by atoms with van der Waals surface area (Å²) >= 11 is 6.19. The highest BCUT2D eigenvalue weighted by Gasteiger charge is 2.22. The number of nitrogens with one attached hydrogen (secondary N) is 1. The smallest absolute Gasteiger partial charge is 0.255 e. The van der Waals surface area contributed by atoms with Gasteiger partial charge in [0.25, 0.3) is 5.91 Å². The first-order valence-corrected chi connectivity index (χ1v) is 12.2. The fourth-order valence-corrected chi connectivity index (χ4v) is 5.25. The van der Waals surface area contributed by atoms with Gasteiger partial charge in [0.05, 0.1) is 16.3 Å². The first-order valence-electron chi connectivity index (χ1n) is 10.4. The van der Waals surface area contributed by atoms with Gasteiger partial charge in [0.1, 0.15) is 0 Å². The first kappa shape index (κ1) is 23.5. The molecule has 1 N–H and O–H groups in total. The van der Waals surface area contributed by atoms with Gasteiger partial charge in [-0.15, -0.1) is 0 Å². The Morgan fingerprint density at radius 1 is 1.03 bits per heavy atom. The lowest BCUT2D eigenvalue weighted by Crippen LogP contribution is -2.44. The van der Waals surface area contributed by atoms with Crippen LogP contribution in [0.2, 0.25) is 5.02 Å². The van der Waals surface area contributed by atoms with Crippen LogP contribution in [0.1, 0.15) is 24.2 Å². The van der Waals surface area contributed by atoms with Gasteiger partial charge in [-0.05, 0) is 49.5 Å². The maximum atomic E-state index is 12.9. The van der Waals surface area contributed by atoms with Crippen molar-refractivity contribution in [1.29, 1.82) is 0 Å². The maximum absolute atomic E-state index is 12.9. The van der Waals surface area contributed by atoms with E-state index < -0.39 is 10.0 Å². The molecule has 1 aliphatic rings. The summed E-state index contributed by atoms with van der Waals surface area (Å²) < 4.78 is 26.7. The number of rotatable bonds is 7. The van der Waals surface area contributed by atoms with E-state index in [2.05, 4.69) is 22.2 Å². The van der Waals surface area contributed by atoms with Crippen molar-refractivity contribution >= 4 is 38.9 Å².